The normalized spacial score (nSPS) is 11.5. The Kier molecular flexibility index (Phi) is 26.1. The van der Waals surface area contributed by atoms with Gasteiger partial charge in [0, 0.05) is 70.9 Å². The first-order chi connectivity index (χ1) is 67.2. The van der Waals surface area contributed by atoms with Crippen LogP contribution in [-0.2, 0) is 21.1 Å². The summed E-state index contributed by atoms with van der Waals surface area (Å²) in [5.41, 5.74) is 26.2. The molecule has 0 amide bonds. The molecule has 19 heteroatoms. The molecule has 0 atom stereocenters. The first kappa shape index (κ1) is 91.6. The van der Waals surface area contributed by atoms with Gasteiger partial charge in [-0.25, -0.2) is 19.9 Å². The summed E-state index contributed by atoms with van der Waals surface area (Å²) < 4.78 is 38.6. The summed E-state index contributed by atoms with van der Waals surface area (Å²) >= 11 is 9.84. The van der Waals surface area contributed by atoms with Gasteiger partial charge in [-0.1, -0.05) is 253 Å². The van der Waals surface area contributed by atoms with Gasteiger partial charge in [0.05, 0.1) is 62.2 Å². The van der Waals surface area contributed by atoms with Gasteiger partial charge in [0.1, 0.15) is 77.5 Å². The van der Waals surface area contributed by atoms with Crippen LogP contribution >= 0.6 is 47.8 Å². The van der Waals surface area contributed by atoms with Crippen molar-refractivity contribution in [1.82, 2.24) is 29.9 Å². The SMILES string of the molecule is Brc1cccc(-c2ccc3c(c2)oc2ccccc23)n1.Brc1cccc(Br)n1.CC(C)(O)C(C)(C)O.[B]c1ccc2oc3ccccc3c2c1.[Pt+2].[c-]1cc2c(cc1-c1cccc(-c3cccc(-c4cccc(-c5[c-]cc6c(c5)oc5ccccc56)n4)c3)n1)oc1ccccc12.c1cc(-c2cccc(-c3ccc4c(c3)oc3ccccc34)n2)cc(-c2cccc(-c3ccc4c(c3)oc3ccccc34)n2)c1. The van der Waals surface area contributed by atoms with E-state index in [1.54, 1.807) is 27.7 Å². The molecule has 0 aliphatic carbocycles. The van der Waals surface area contributed by atoms with Crippen molar-refractivity contribution in [3.05, 3.63) is 426 Å². The van der Waals surface area contributed by atoms with Gasteiger partial charge in [-0.3, -0.25) is 9.97 Å². The van der Waals surface area contributed by atoms with Crippen molar-refractivity contribution >= 4 is 193 Å². The van der Waals surface area contributed by atoms with Crippen LogP contribution in [0.4, 0.5) is 0 Å². The third-order valence-electron chi connectivity index (χ3n) is 24.4. The van der Waals surface area contributed by atoms with E-state index in [4.69, 9.17) is 64.5 Å². The predicted molar refractivity (Wildman–Crippen MR) is 570 cm³/mol. The second-order valence-corrected chi connectivity index (χ2v) is 36.7. The van der Waals surface area contributed by atoms with Gasteiger partial charge in [-0.05, 0) is 260 Å². The number of hydrogen-bond acceptors (Lipinski definition) is 14. The number of fused-ring (bicyclic) bond motifs is 18. The summed E-state index contributed by atoms with van der Waals surface area (Å²) in [4.78, 5) is 28.6. The second kappa shape index (κ2) is 39.5. The van der Waals surface area contributed by atoms with E-state index in [1.807, 2.05) is 255 Å². The summed E-state index contributed by atoms with van der Waals surface area (Å²) in [7, 11) is 5.73. The summed E-state index contributed by atoms with van der Waals surface area (Å²) in [5, 5.41) is 31.5. The molecular weight excluding hydrogens is 2100 g/mol. The molecule has 26 aromatic rings. The molecule has 0 saturated heterocycles. The molecule has 2 N–H and O–H groups in total. The number of furan rings is 6. The van der Waals surface area contributed by atoms with E-state index < -0.39 is 11.2 Å². The molecule has 14 nitrogen and oxygen atoms in total. The minimum absolute atomic E-state index is 0. The third-order valence-corrected chi connectivity index (χ3v) is 25.7. The van der Waals surface area contributed by atoms with Crippen LogP contribution in [0.1, 0.15) is 27.7 Å². The van der Waals surface area contributed by atoms with E-state index in [-0.39, 0.29) is 21.1 Å². The van der Waals surface area contributed by atoms with Crippen LogP contribution in [0.3, 0.4) is 0 Å². The Morgan fingerprint density at radius 2 is 0.453 bits per heavy atom. The van der Waals surface area contributed by atoms with Gasteiger partial charge in [-0.15, -0.1) is 35.4 Å². The van der Waals surface area contributed by atoms with Gasteiger partial charge in [-0.2, -0.15) is 0 Å². The molecule has 2 radical (unpaired) electrons. The fourth-order valence-corrected chi connectivity index (χ4v) is 17.9. The van der Waals surface area contributed by atoms with Crippen LogP contribution in [-0.4, -0.2) is 59.2 Å². The zero-order valence-electron chi connectivity index (χ0n) is 75.2. The summed E-state index contributed by atoms with van der Waals surface area (Å²) in [6, 6.07) is 141. The van der Waals surface area contributed by atoms with Gasteiger partial charge in [0.25, 0.3) is 0 Å². The Hall–Kier alpha value is -15.1. The second-order valence-electron chi connectivity index (χ2n) is 34.3. The number of aromatic nitrogens is 6. The van der Waals surface area contributed by atoms with Crippen molar-refractivity contribution in [3.63, 3.8) is 0 Å². The molecule has 0 fully saturated rings. The van der Waals surface area contributed by atoms with Crippen molar-refractivity contribution < 1.29 is 57.8 Å². The summed E-state index contributed by atoms with van der Waals surface area (Å²) in [6.07, 6.45) is 0. The quantitative estimate of drug-likeness (QED) is 0.0745. The predicted octanol–water partition coefficient (Wildman–Crippen LogP) is 32.4. The first-order valence-electron chi connectivity index (χ1n) is 44.8. The van der Waals surface area contributed by atoms with Crippen molar-refractivity contribution in [1.29, 1.82) is 0 Å². The number of para-hydroxylation sites is 6. The zero-order valence-corrected chi connectivity index (χ0v) is 82.2. The van der Waals surface area contributed by atoms with Gasteiger partial charge in [0.15, 0.2) is 0 Å². The maximum absolute atomic E-state index is 9.10. The zero-order chi connectivity index (χ0) is 94.1. The average Bonchev–Trinajstić information content (AvgIpc) is 1.79. The Morgan fingerprint density at radius 3 is 0.770 bits per heavy atom. The molecule has 0 unspecified atom stereocenters. The number of pyridine rings is 6. The Bertz CT molecular complexity index is 8360. The van der Waals surface area contributed by atoms with Gasteiger partial charge >= 0.3 is 21.1 Å². The third kappa shape index (κ3) is 19.7. The molecular formula is C120H80BBr3N6O8Pt. The van der Waals surface area contributed by atoms with Crippen LogP contribution in [0.2, 0.25) is 0 Å². The summed E-state index contributed by atoms with van der Waals surface area (Å²) in [5.74, 6) is 0. The van der Waals surface area contributed by atoms with E-state index in [0.717, 1.165) is 252 Å². The topological polar surface area (TPSA) is 197 Å². The van der Waals surface area contributed by atoms with E-state index in [1.165, 1.54) is 0 Å². The molecule has 26 rings (SSSR count). The van der Waals surface area contributed by atoms with Crippen LogP contribution in [0.25, 0.3) is 233 Å². The van der Waals surface area contributed by atoms with E-state index >= 15 is 0 Å². The summed E-state index contributed by atoms with van der Waals surface area (Å²) in [6.45, 7) is 6.31. The number of benzene rings is 14. The minimum Gasteiger partial charge on any atom is -0.476 e. The number of rotatable bonds is 10. The van der Waals surface area contributed by atoms with Crippen molar-refractivity contribution in [2.45, 2.75) is 38.9 Å². The molecule has 0 spiro atoms. The Balaban J connectivity index is 0.000000115. The van der Waals surface area contributed by atoms with Crippen LogP contribution < -0.4 is 5.46 Å². The molecule has 12 heterocycles. The maximum Gasteiger partial charge on any atom is 2.00 e. The molecule has 14 aromatic carbocycles. The number of hydrogen-bond donors (Lipinski definition) is 2. The standard InChI is InChI=1S/C40H24N2O2.C40H22N2O2.C17H10BrNO.C12H7BO.C6H14O2.C5H3Br2N.Pt/c2*1-3-16-37-29(10-1)31-20-18-27(23-39(31)43-37)35-14-6-12-33(41-35)25-8-5-9-26(22-25)34-13-7-15-36(42-34)28-19-21-32-30-11-2-4-17-38(30)44-40(32)24-28;18-17-7-3-5-14(19-17)11-8-9-13-12-4-1-2-6-15(12)20-16(13)10-11;13-8-5-6-12-10(7-8)9-3-1-2-4-11(9)14-12;1-5(2,7)6(3,4)8;6-4-2-1-3-5(7)8-4;/h1-24H;1-17,20-24H;1-10H;1-7H;7-8H,1-4H3;1-3H;/q;-2;;;;;+2. The van der Waals surface area contributed by atoms with Crippen LogP contribution in [0, 0.1) is 12.1 Å². The van der Waals surface area contributed by atoms with Gasteiger partial charge < -0.3 is 36.7 Å². The van der Waals surface area contributed by atoms with Crippen molar-refractivity contribution in [3.8, 4) is 101 Å². The van der Waals surface area contributed by atoms with E-state index in [0.29, 0.717) is 0 Å². The fraction of sp³-hybridized carbons (Fsp3) is 0.0500. The molecule has 0 aliphatic rings. The number of halogens is 3. The van der Waals surface area contributed by atoms with Gasteiger partial charge in [0.2, 0.25) is 0 Å². The minimum atomic E-state index is -1.01. The van der Waals surface area contributed by atoms with Crippen LogP contribution in [0.5, 0.6) is 0 Å². The first-order valence-corrected chi connectivity index (χ1v) is 47.1. The fourth-order valence-electron chi connectivity index (χ4n) is 16.7. The van der Waals surface area contributed by atoms with Crippen LogP contribution in [0.15, 0.2) is 441 Å². The Labute approximate surface area is 839 Å². The average molecular weight is 2180 g/mol. The van der Waals surface area contributed by atoms with E-state index in [9.17, 15) is 0 Å². The maximum atomic E-state index is 9.10. The number of nitrogens with zero attached hydrogens (tertiary/aromatic N) is 6. The molecule has 0 bridgehead atoms. The Morgan fingerprint density at radius 1 is 0.216 bits per heavy atom. The van der Waals surface area contributed by atoms with Crippen molar-refractivity contribution in [2.24, 2.45) is 0 Å². The molecule has 139 heavy (non-hydrogen) atoms. The smallest absolute Gasteiger partial charge is 0.476 e. The number of aliphatic hydroxyl groups is 2. The van der Waals surface area contributed by atoms with E-state index in [2.05, 4.69) is 215 Å². The molecule has 0 saturated carbocycles. The largest absolute Gasteiger partial charge is 2.00 e. The monoisotopic (exact) mass is 2180 g/mol. The molecule has 12 aromatic heterocycles. The molecule has 672 valence electrons. The molecule has 0 aliphatic heterocycles. The van der Waals surface area contributed by atoms with Crippen molar-refractivity contribution in [2.75, 3.05) is 0 Å².